The zero-order chi connectivity index (χ0) is 14.5. The fraction of sp³-hybridized carbons (Fsp3) is 0.733. The molecular weight excluding hydrogens is 254 g/mol. The number of hydrogen-bond acceptors (Lipinski definition) is 4. The Kier molecular flexibility index (Phi) is 5.17. The summed E-state index contributed by atoms with van der Waals surface area (Å²) in [5, 5.41) is 6.97. The second-order valence-corrected chi connectivity index (χ2v) is 5.53. The number of likely N-dealkylation sites (N-methyl/N-ethyl adjacent to an activating group) is 1. The standard InChI is InChI=1S/C15H25N3O2/c1-4-18-9-5-6-13(18)10-16-15(19)8-7-14-11(2)17-20-12(14)3/h13H,4-10H2,1-3H3,(H,16,19)/t13-/m0/s1. The van der Waals surface area contributed by atoms with Crippen LogP contribution in [-0.4, -0.2) is 41.6 Å². The Balaban J connectivity index is 1.73. The van der Waals surface area contributed by atoms with Crippen molar-refractivity contribution >= 4 is 5.91 Å². The smallest absolute Gasteiger partial charge is 0.220 e. The highest BCUT2D eigenvalue weighted by Crippen LogP contribution is 2.16. The maximum absolute atomic E-state index is 11.9. The number of hydrogen-bond donors (Lipinski definition) is 1. The molecule has 1 fully saturated rings. The summed E-state index contributed by atoms with van der Waals surface area (Å²) in [6.07, 6.45) is 3.64. The summed E-state index contributed by atoms with van der Waals surface area (Å²) in [5.41, 5.74) is 1.96. The van der Waals surface area contributed by atoms with Gasteiger partial charge >= 0.3 is 0 Å². The number of nitrogens with zero attached hydrogens (tertiary/aromatic N) is 2. The van der Waals surface area contributed by atoms with Crippen molar-refractivity contribution in [3.05, 3.63) is 17.0 Å². The lowest BCUT2D eigenvalue weighted by Gasteiger charge is -2.22. The highest BCUT2D eigenvalue weighted by atomic mass is 16.5. The Morgan fingerprint density at radius 3 is 2.95 bits per heavy atom. The first-order chi connectivity index (χ1) is 9.61. The van der Waals surface area contributed by atoms with Gasteiger partial charge in [0.1, 0.15) is 5.76 Å². The van der Waals surface area contributed by atoms with Crippen molar-refractivity contribution in [2.75, 3.05) is 19.6 Å². The zero-order valence-electron chi connectivity index (χ0n) is 12.7. The molecule has 1 aromatic heterocycles. The fourth-order valence-corrected chi connectivity index (χ4v) is 2.96. The van der Waals surface area contributed by atoms with Crippen LogP contribution < -0.4 is 5.32 Å². The minimum atomic E-state index is 0.118. The molecule has 5 nitrogen and oxygen atoms in total. The summed E-state index contributed by atoms with van der Waals surface area (Å²) < 4.78 is 5.11. The average Bonchev–Trinajstić information content (AvgIpc) is 3.01. The van der Waals surface area contributed by atoms with E-state index in [0.717, 1.165) is 36.7 Å². The van der Waals surface area contributed by atoms with E-state index in [1.165, 1.54) is 12.8 Å². The molecule has 0 saturated carbocycles. The lowest BCUT2D eigenvalue weighted by atomic mass is 10.1. The van der Waals surface area contributed by atoms with Crippen molar-refractivity contribution in [1.29, 1.82) is 0 Å². The molecular formula is C15H25N3O2. The molecule has 0 unspecified atom stereocenters. The van der Waals surface area contributed by atoms with Crippen molar-refractivity contribution in [2.45, 2.75) is 52.5 Å². The molecule has 112 valence electrons. The van der Waals surface area contributed by atoms with Crippen LogP contribution in [0.1, 0.15) is 43.2 Å². The van der Waals surface area contributed by atoms with Gasteiger partial charge in [-0.25, -0.2) is 0 Å². The maximum atomic E-state index is 11.9. The Morgan fingerprint density at radius 2 is 2.30 bits per heavy atom. The molecule has 1 N–H and O–H groups in total. The summed E-state index contributed by atoms with van der Waals surface area (Å²) in [7, 11) is 0. The molecule has 2 heterocycles. The van der Waals surface area contributed by atoms with Gasteiger partial charge in [0.2, 0.25) is 5.91 Å². The van der Waals surface area contributed by atoms with Gasteiger partial charge in [0, 0.05) is 24.6 Å². The maximum Gasteiger partial charge on any atom is 0.220 e. The average molecular weight is 279 g/mol. The minimum absolute atomic E-state index is 0.118. The van der Waals surface area contributed by atoms with Crippen LogP contribution in [0.5, 0.6) is 0 Å². The highest BCUT2D eigenvalue weighted by molar-refractivity contribution is 5.76. The molecule has 1 saturated heterocycles. The number of likely N-dealkylation sites (tertiary alicyclic amines) is 1. The molecule has 1 aromatic rings. The van der Waals surface area contributed by atoms with E-state index in [4.69, 9.17) is 4.52 Å². The lowest BCUT2D eigenvalue weighted by Crippen LogP contribution is -2.40. The minimum Gasteiger partial charge on any atom is -0.361 e. The van der Waals surface area contributed by atoms with Crippen molar-refractivity contribution in [1.82, 2.24) is 15.4 Å². The molecule has 5 heteroatoms. The molecule has 20 heavy (non-hydrogen) atoms. The monoisotopic (exact) mass is 279 g/mol. The number of carbonyl (C=O) groups excluding carboxylic acids is 1. The van der Waals surface area contributed by atoms with E-state index in [-0.39, 0.29) is 5.91 Å². The van der Waals surface area contributed by atoms with Crippen molar-refractivity contribution < 1.29 is 9.32 Å². The molecule has 0 aliphatic carbocycles. The van der Waals surface area contributed by atoms with Crippen LogP contribution in [0.15, 0.2) is 4.52 Å². The Bertz CT molecular complexity index is 436. The largest absolute Gasteiger partial charge is 0.361 e. The van der Waals surface area contributed by atoms with E-state index in [1.54, 1.807) is 0 Å². The molecule has 1 atom stereocenters. The van der Waals surface area contributed by atoms with E-state index < -0.39 is 0 Å². The second-order valence-electron chi connectivity index (χ2n) is 5.53. The van der Waals surface area contributed by atoms with Crippen LogP contribution in [0.2, 0.25) is 0 Å². The zero-order valence-corrected chi connectivity index (χ0v) is 12.7. The topological polar surface area (TPSA) is 58.4 Å². The van der Waals surface area contributed by atoms with Gasteiger partial charge in [-0.05, 0) is 46.2 Å². The predicted molar refractivity (Wildman–Crippen MR) is 77.6 cm³/mol. The van der Waals surface area contributed by atoms with E-state index >= 15 is 0 Å². The molecule has 2 rings (SSSR count). The Labute approximate surface area is 120 Å². The highest BCUT2D eigenvalue weighted by Gasteiger charge is 2.23. The number of amides is 1. The van der Waals surface area contributed by atoms with Crippen LogP contribution in [0.25, 0.3) is 0 Å². The van der Waals surface area contributed by atoms with E-state index in [2.05, 4.69) is 22.3 Å². The van der Waals surface area contributed by atoms with Gasteiger partial charge in [0.25, 0.3) is 0 Å². The van der Waals surface area contributed by atoms with Crippen molar-refractivity contribution in [3.8, 4) is 0 Å². The normalized spacial score (nSPS) is 19.4. The van der Waals surface area contributed by atoms with Crippen LogP contribution in [0, 0.1) is 13.8 Å². The van der Waals surface area contributed by atoms with Gasteiger partial charge in [-0.1, -0.05) is 12.1 Å². The van der Waals surface area contributed by atoms with E-state index in [1.807, 2.05) is 13.8 Å². The van der Waals surface area contributed by atoms with Crippen LogP contribution >= 0.6 is 0 Å². The summed E-state index contributed by atoms with van der Waals surface area (Å²) in [5.74, 6) is 0.941. The number of rotatable bonds is 6. The molecule has 1 amide bonds. The van der Waals surface area contributed by atoms with Gasteiger partial charge in [0.05, 0.1) is 5.69 Å². The molecule has 1 aliphatic rings. The van der Waals surface area contributed by atoms with Crippen molar-refractivity contribution in [2.24, 2.45) is 0 Å². The first-order valence-electron chi connectivity index (χ1n) is 7.54. The second kappa shape index (κ2) is 6.88. The third-order valence-corrected chi connectivity index (χ3v) is 4.22. The molecule has 0 radical (unpaired) electrons. The number of aromatic nitrogens is 1. The Morgan fingerprint density at radius 1 is 1.50 bits per heavy atom. The third-order valence-electron chi connectivity index (χ3n) is 4.22. The Hall–Kier alpha value is -1.36. The molecule has 0 bridgehead atoms. The third kappa shape index (κ3) is 3.60. The van der Waals surface area contributed by atoms with Gasteiger partial charge in [-0.3, -0.25) is 9.69 Å². The first kappa shape index (κ1) is 15.0. The van der Waals surface area contributed by atoms with E-state index in [0.29, 0.717) is 18.9 Å². The first-order valence-corrected chi connectivity index (χ1v) is 7.54. The lowest BCUT2D eigenvalue weighted by molar-refractivity contribution is -0.121. The summed E-state index contributed by atoms with van der Waals surface area (Å²) in [6, 6.07) is 0.517. The van der Waals surface area contributed by atoms with Crippen molar-refractivity contribution in [3.63, 3.8) is 0 Å². The van der Waals surface area contributed by atoms with Crippen LogP contribution in [0.3, 0.4) is 0 Å². The summed E-state index contributed by atoms with van der Waals surface area (Å²) >= 11 is 0. The van der Waals surface area contributed by atoms with Crippen LogP contribution in [-0.2, 0) is 11.2 Å². The molecule has 1 aliphatic heterocycles. The van der Waals surface area contributed by atoms with Crippen LogP contribution in [0.4, 0.5) is 0 Å². The van der Waals surface area contributed by atoms with Gasteiger partial charge in [0.15, 0.2) is 0 Å². The number of nitrogens with one attached hydrogen (secondary N) is 1. The summed E-state index contributed by atoms with van der Waals surface area (Å²) in [4.78, 5) is 14.4. The van der Waals surface area contributed by atoms with Gasteiger partial charge in [-0.15, -0.1) is 0 Å². The fourth-order valence-electron chi connectivity index (χ4n) is 2.96. The van der Waals surface area contributed by atoms with Gasteiger partial charge in [-0.2, -0.15) is 0 Å². The summed E-state index contributed by atoms with van der Waals surface area (Å²) in [6.45, 7) is 8.99. The molecule has 0 spiro atoms. The number of aryl methyl sites for hydroxylation is 2. The SMILES string of the molecule is CCN1CCC[C@H]1CNC(=O)CCc1c(C)noc1C. The predicted octanol–water partition coefficient (Wildman–Crippen LogP) is 1.82. The van der Waals surface area contributed by atoms with Gasteiger partial charge < -0.3 is 9.84 Å². The van der Waals surface area contributed by atoms with E-state index in [9.17, 15) is 4.79 Å². The molecule has 0 aromatic carbocycles. The quantitative estimate of drug-likeness (QED) is 0.863. The number of carbonyl (C=O) groups is 1.